The van der Waals surface area contributed by atoms with Crippen LogP contribution in [0, 0.1) is 11.7 Å². The molecule has 25 heavy (non-hydrogen) atoms. The summed E-state index contributed by atoms with van der Waals surface area (Å²) >= 11 is 0. The number of hydrogen-bond donors (Lipinski definition) is 1. The van der Waals surface area contributed by atoms with E-state index in [1.54, 1.807) is 12.1 Å². The number of halogens is 1. The van der Waals surface area contributed by atoms with Crippen molar-refractivity contribution in [3.63, 3.8) is 0 Å². The molecule has 1 saturated heterocycles. The Labute approximate surface area is 149 Å². The summed E-state index contributed by atoms with van der Waals surface area (Å²) in [4.78, 5) is 0. The largest absolute Gasteiger partial charge is 0.377 e. The minimum Gasteiger partial charge on any atom is -0.377 e. The van der Waals surface area contributed by atoms with E-state index in [-0.39, 0.29) is 29.3 Å². The van der Waals surface area contributed by atoms with E-state index in [9.17, 15) is 4.39 Å². The van der Waals surface area contributed by atoms with Crippen molar-refractivity contribution in [2.24, 2.45) is 5.92 Å². The molecule has 0 unspecified atom stereocenters. The molecule has 0 aromatic heterocycles. The van der Waals surface area contributed by atoms with Crippen molar-refractivity contribution < 1.29 is 9.13 Å². The standard InChI is InChI=1S/C22H26FNO/c1-22(2,3)14-10-11-19-17(13-14)21-16(8-6-12-25-21)20(24-19)15-7-4-5-9-18(15)23/h4-5,7,9-11,13,16,20-21,24H,6,8,12H2,1-3H3/t16-,20-,21-/m1/s1. The minimum absolute atomic E-state index is 0.0388. The lowest BCUT2D eigenvalue weighted by Crippen LogP contribution is -2.36. The Balaban J connectivity index is 1.79. The highest BCUT2D eigenvalue weighted by Crippen LogP contribution is 2.50. The summed E-state index contributed by atoms with van der Waals surface area (Å²) in [5, 5.41) is 3.61. The molecule has 3 atom stereocenters. The maximum Gasteiger partial charge on any atom is 0.128 e. The zero-order chi connectivity index (χ0) is 17.6. The smallest absolute Gasteiger partial charge is 0.128 e. The lowest BCUT2D eigenvalue weighted by molar-refractivity contribution is -0.0385. The molecule has 0 spiro atoms. The van der Waals surface area contributed by atoms with Gasteiger partial charge in [-0.05, 0) is 36.0 Å². The van der Waals surface area contributed by atoms with Crippen LogP contribution in [-0.4, -0.2) is 6.61 Å². The van der Waals surface area contributed by atoms with Crippen molar-refractivity contribution in [2.75, 3.05) is 11.9 Å². The van der Waals surface area contributed by atoms with Crippen molar-refractivity contribution in [3.8, 4) is 0 Å². The van der Waals surface area contributed by atoms with Crippen LogP contribution in [0.1, 0.15) is 62.4 Å². The predicted molar refractivity (Wildman–Crippen MR) is 99.3 cm³/mol. The molecule has 0 amide bonds. The third kappa shape index (κ3) is 2.95. The summed E-state index contributed by atoms with van der Waals surface area (Å²) in [7, 11) is 0. The van der Waals surface area contributed by atoms with Gasteiger partial charge in [0.05, 0.1) is 12.1 Å². The van der Waals surface area contributed by atoms with Gasteiger partial charge in [-0.3, -0.25) is 0 Å². The van der Waals surface area contributed by atoms with Gasteiger partial charge in [-0.15, -0.1) is 0 Å². The number of anilines is 1. The van der Waals surface area contributed by atoms with Crippen LogP contribution in [-0.2, 0) is 10.2 Å². The first kappa shape index (κ1) is 16.6. The van der Waals surface area contributed by atoms with E-state index in [0.29, 0.717) is 0 Å². The van der Waals surface area contributed by atoms with Crippen LogP contribution >= 0.6 is 0 Å². The van der Waals surface area contributed by atoms with Gasteiger partial charge in [0, 0.05) is 29.3 Å². The Kier molecular flexibility index (Phi) is 4.07. The molecule has 2 aliphatic heterocycles. The number of nitrogens with one attached hydrogen (secondary N) is 1. The van der Waals surface area contributed by atoms with E-state index in [4.69, 9.17) is 4.74 Å². The van der Waals surface area contributed by atoms with Gasteiger partial charge in [-0.25, -0.2) is 4.39 Å². The van der Waals surface area contributed by atoms with Crippen LogP contribution in [0.4, 0.5) is 10.1 Å². The zero-order valence-corrected chi connectivity index (χ0v) is 15.2. The van der Waals surface area contributed by atoms with E-state index in [1.807, 2.05) is 12.1 Å². The first-order valence-corrected chi connectivity index (χ1v) is 9.22. The molecule has 132 valence electrons. The molecular formula is C22H26FNO. The molecule has 1 N–H and O–H groups in total. The summed E-state index contributed by atoms with van der Waals surface area (Å²) in [5.41, 5.74) is 4.45. The number of rotatable bonds is 1. The second kappa shape index (κ2) is 6.14. The molecular weight excluding hydrogens is 313 g/mol. The van der Waals surface area contributed by atoms with Gasteiger partial charge in [-0.1, -0.05) is 51.1 Å². The van der Waals surface area contributed by atoms with Crippen molar-refractivity contribution >= 4 is 5.69 Å². The molecule has 0 bridgehead atoms. The number of ether oxygens (including phenoxy) is 1. The lowest BCUT2D eigenvalue weighted by Gasteiger charge is -2.44. The van der Waals surface area contributed by atoms with Gasteiger partial charge in [0.25, 0.3) is 0 Å². The average molecular weight is 339 g/mol. The fourth-order valence-corrected chi connectivity index (χ4v) is 4.17. The summed E-state index contributed by atoms with van der Waals surface area (Å²) in [6, 6.07) is 13.7. The molecule has 2 heterocycles. The molecule has 0 radical (unpaired) electrons. The summed E-state index contributed by atoms with van der Waals surface area (Å²) < 4.78 is 20.7. The first-order chi connectivity index (χ1) is 11.9. The van der Waals surface area contributed by atoms with Gasteiger partial charge in [0.15, 0.2) is 0 Å². The molecule has 0 saturated carbocycles. The minimum atomic E-state index is -0.140. The van der Waals surface area contributed by atoms with Crippen molar-refractivity contribution in [1.82, 2.24) is 0 Å². The SMILES string of the molecule is CC(C)(C)c1ccc2c(c1)[C@@H]1OCCC[C@@H]1[C@@H](c1ccccc1F)N2. The second-order valence-corrected chi connectivity index (χ2v) is 8.29. The molecule has 3 heteroatoms. The third-order valence-electron chi connectivity index (χ3n) is 5.57. The van der Waals surface area contributed by atoms with Crippen molar-refractivity contribution in [2.45, 2.75) is 51.2 Å². The fraction of sp³-hybridized carbons (Fsp3) is 0.455. The lowest BCUT2D eigenvalue weighted by atomic mass is 9.75. The fourth-order valence-electron chi connectivity index (χ4n) is 4.17. The number of hydrogen-bond acceptors (Lipinski definition) is 2. The topological polar surface area (TPSA) is 21.3 Å². The maximum absolute atomic E-state index is 14.4. The van der Waals surface area contributed by atoms with Gasteiger partial charge < -0.3 is 10.1 Å². The van der Waals surface area contributed by atoms with Crippen LogP contribution in [0.2, 0.25) is 0 Å². The molecule has 2 nitrogen and oxygen atoms in total. The van der Waals surface area contributed by atoms with E-state index in [0.717, 1.165) is 30.7 Å². The highest BCUT2D eigenvalue weighted by atomic mass is 19.1. The van der Waals surface area contributed by atoms with Gasteiger partial charge in [-0.2, -0.15) is 0 Å². The Morgan fingerprint density at radius 1 is 1.08 bits per heavy atom. The zero-order valence-electron chi connectivity index (χ0n) is 15.2. The highest BCUT2D eigenvalue weighted by Gasteiger charge is 2.41. The van der Waals surface area contributed by atoms with Gasteiger partial charge in [0.2, 0.25) is 0 Å². The van der Waals surface area contributed by atoms with E-state index in [2.05, 4.69) is 44.3 Å². The van der Waals surface area contributed by atoms with Crippen LogP contribution in [0.5, 0.6) is 0 Å². The Morgan fingerprint density at radius 2 is 1.88 bits per heavy atom. The molecule has 2 aromatic carbocycles. The van der Waals surface area contributed by atoms with Crippen LogP contribution < -0.4 is 5.32 Å². The predicted octanol–water partition coefficient (Wildman–Crippen LogP) is 5.76. The summed E-state index contributed by atoms with van der Waals surface area (Å²) in [6.07, 6.45) is 2.12. The molecule has 2 aliphatic rings. The van der Waals surface area contributed by atoms with E-state index in [1.165, 1.54) is 11.1 Å². The van der Waals surface area contributed by atoms with E-state index < -0.39 is 0 Å². The summed E-state index contributed by atoms with van der Waals surface area (Å²) in [5.74, 6) is 0.118. The number of benzene rings is 2. The quantitative estimate of drug-likeness (QED) is 0.713. The van der Waals surface area contributed by atoms with Crippen LogP contribution in [0.3, 0.4) is 0 Å². The normalized spacial score (nSPS) is 25.7. The Hall–Kier alpha value is -1.87. The van der Waals surface area contributed by atoms with Crippen LogP contribution in [0.25, 0.3) is 0 Å². The van der Waals surface area contributed by atoms with Gasteiger partial charge in [0.1, 0.15) is 5.82 Å². The second-order valence-electron chi connectivity index (χ2n) is 8.29. The van der Waals surface area contributed by atoms with Crippen molar-refractivity contribution in [3.05, 3.63) is 65.0 Å². The molecule has 1 fully saturated rings. The average Bonchev–Trinajstić information content (AvgIpc) is 2.60. The molecule has 0 aliphatic carbocycles. The monoisotopic (exact) mass is 339 g/mol. The molecule has 4 rings (SSSR count). The summed E-state index contributed by atoms with van der Waals surface area (Å²) in [6.45, 7) is 7.47. The molecule has 2 aromatic rings. The highest BCUT2D eigenvalue weighted by molar-refractivity contribution is 5.59. The third-order valence-corrected chi connectivity index (χ3v) is 5.57. The Morgan fingerprint density at radius 3 is 2.64 bits per heavy atom. The van der Waals surface area contributed by atoms with E-state index >= 15 is 0 Å². The number of fused-ring (bicyclic) bond motifs is 3. The first-order valence-electron chi connectivity index (χ1n) is 9.22. The van der Waals surface area contributed by atoms with Crippen molar-refractivity contribution in [1.29, 1.82) is 0 Å². The van der Waals surface area contributed by atoms with Gasteiger partial charge >= 0.3 is 0 Å². The Bertz CT molecular complexity index is 780. The van der Waals surface area contributed by atoms with Crippen LogP contribution in [0.15, 0.2) is 42.5 Å². The maximum atomic E-state index is 14.4.